The number of hydrogen-bond acceptors (Lipinski definition) is 2. The van der Waals surface area contributed by atoms with E-state index >= 15 is 0 Å². The molecular formula is C18H32N2. The Labute approximate surface area is 125 Å². The topological polar surface area (TPSA) is 38.0 Å². The molecule has 0 fully saturated rings. The molecule has 0 bridgehead atoms. The summed E-state index contributed by atoms with van der Waals surface area (Å²) in [5.74, 6) is 0.712. The zero-order valence-corrected chi connectivity index (χ0v) is 13.9. The second-order valence-electron chi connectivity index (χ2n) is 6.38. The van der Waals surface area contributed by atoms with Crippen LogP contribution in [0.2, 0.25) is 0 Å². The lowest BCUT2D eigenvalue weighted by atomic mass is 9.98. The molecule has 0 saturated carbocycles. The molecule has 0 spiro atoms. The van der Waals surface area contributed by atoms with E-state index in [0.29, 0.717) is 12.0 Å². The minimum absolute atomic E-state index is 0.488. The summed E-state index contributed by atoms with van der Waals surface area (Å²) in [6.07, 6.45) is 5.69. The average molecular weight is 276 g/mol. The van der Waals surface area contributed by atoms with Crippen LogP contribution in [-0.4, -0.2) is 6.04 Å². The molecule has 20 heavy (non-hydrogen) atoms. The highest BCUT2D eigenvalue weighted by atomic mass is 14.9. The van der Waals surface area contributed by atoms with Crippen molar-refractivity contribution in [1.82, 2.24) is 0 Å². The Morgan fingerprint density at radius 2 is 1.60 bits per heavy atom. The zero-order chi connectivity index (χ0) is 15.1. The molecule has 1 unspecified atom stereocenters. The Bertz CT molecular complexity index is 410. The fourth-order valence-corrected chi connectivity index (χ4v) is 2.84. The van der Waals surface area contributed by atoms with E-state index in [9.17, 15) is 0 Å². The highest BCUT2D eigenvalue weighted by Crippen LogP contribution is 2.27. The summed E-state index contributed by atoms with van der Waals surface area (Å²) in [6.45, 7) is 11.2. The second kappa shape index (κ2) is 8.18. The zero-order valence-electron chi connectivity index (χ0n) is 13.9. The van der Waals surface area contributed by atoms with E-state index in [1.807, 2.05) is 0 Å². The summed E-state index contributed by atoms with van der Waals surface area (Å²) in [7, 11) is 0. The third-order valence-corrected chi connectivity index (χ3v) is 3.63. The highest BCUT2D eigenvalue weighted by Gasteiger charge is 2.11. The molecule has 0 aliphatic rings. The van der Waals surface area contributed by atoms with Crippen molar-refractivity contribution in [3.8, 4) is 0 Å². The van der Waals surface area contributed by atoms with Gasteiger partial charge in [0.05, 0.1) is 0 Å². The first-order valence-corrected chi connectivity index (χ1v) is 8.15. The van der Waals surface area contributed by atoms with Crippen molar-refractivity contribution >= 4 is 11.4 Å². The number of rotatable bonds is 8. The van der Waals surface area contributed by atoms with Crippen LogP contribution in [0.5, 0.6) is 0 Å². The van der Waals surface area contributed by atoms with Gasteiger partial charge in [0.15, 0.2) is 0 Å². The molecule has 114 valence electrons. The molecule has 0 aromatic heterocycles. The third kappa shape index (κ3) is 5.07. The molecule has 1 atom stereocenters. The quantitative estimate of drug-likeness (QED) is 0.654. The van der Waals surface area contributed by atoms with Crippen molar-refractivity contribution < 1.29 is 0 Å². The van der Waals surface area contributed by atoms with Crippen LogP contribution in [0.15, 0.2) is 12.1 Å². The van der Waals surface area contributed by atoms with Crippen LogP contribution in [0.4, 0.5) is 11.4 Å². The second-order valence-corrected chi connectivity index (χ2v) is 6.38. The molecule has 2 nitrogen and oxygen atoms in total. The molecule has 0 amide bonds. The number of nitrogens with two attached hydrogens (primary N) is 1. The van der Waals surface area contributed by atoms with Crippen LogP contribution in [0.25, 0.3) is 0 Å². The van der Waals surface area contributed by atoms with Gasteiger partial charge in [0.2, 0.25) is 0 Å². The largest absolute Gasteiger partial charge is 0.398 e. The van der Waals surface area contributed by atoms with E-state index < -0.39 is 0 Å². The molecule has 1 rings (SSSR count). The number of benzene rings is 1. The molecule has 0 radical (unpaired) electrons. The number of nitrogen functional groups attached to an aromatic ring is 1. The average Bonchev–Trinajstić information content (AvgIpc) is 2.34. The molecule has 0 saturated heterocycles. The summed E-state index contributed by atoms with van der Waals surface area (Å²) >= 11 is 0. The van der Waals surface area contributed by atoms with Crippen LogP contribution >= 0.6 is 0 Å². The predicted octanol–water partition coefficient (Wildman–Crippen LogP) is 5.02. The Morgan fingerprint density at radius 1 is 1.00 bits per heavy atom. The third-order valence-electron chi connectivity index (χ3n) is 3.63. The SMILES string of the molecule is CCCc1cc(CCC)c(NC(C)CC(C)C)cc1N. The fourth-order valence-electron chi connectivity index (χ4n) is 2.84. The van der Waals surface area contributed by atoms with Crippen LogP contribution in [-0.2, 0) is 12.8 Å². The molecule has 1 aromatic rings. The predicted molar refractivity (Wildman–Crippen MR) is 91.4 cm³/mol. The Morgan fingerprint density at radius 3 is 2.15 bits per heavy atom. The van der Waals surface area contributed by atoms with Crippen molar-refractivity contribution in [3.63, 3.8) is 0 Å². The highest BCUT2D eigenvalue weighted by molar-refractivity contribution is 5.64. The first-order chi connectivity index (χ1) is 9.47. The summed E-state index contributed by atoms with van der Waals surface area (Å²) in [4.78, 5) is 0. The summed E-state index contributed by atoms with van der Waals surface area (Å²) < 4.78 is 0. The van der Waals surface area contributed by atoms with Gasteiger partial charge in [-0.15, -0.1) is 0 Å². The van der Waals surface area contributed by atoms with Crippen LogP contribution < -0.4 is 11.1 Å². The van der Waals surface area contributed by atoms with Gasteiger partial charge in [-0.05, 0) is 49.3 Å². The number of hydrogen-bond donors (Lipinski definition) is 2. The van der Waals surface area contributed by atoms with E-state index in [2.05, 4.69) is 52.1 Å². The van der Waals surface area contributed by atoms with Gasteiger partial charge < -0.3 is 11.1 Å². The van der Waals surface area contributed by atoms with Gasteiger partial charge in [0.25, 0.3) is 0 Å². The maximum atomic E-state index is 6.21. The van der Waals surface area contributed by atoms with E-state index in [-0.39, 0.29) is 0 Å². The minimum atomic E-state index is 0.488. The maximum Gasteiger partial charge on any atom is 0.0395 e. The number of nitrogens with one attached hydrogen (secondary N) is 1. The first kappa shape index (κ1) is 16.9. The molecule has 0 aliphatic carbocycles. The molecule has 1 aromatic carbocycles. The van der Waals surface area contributed by atoms with Crippen LogP contribution in [0.1, 0.15) is 65.0 Å². The van der Waals surface area contributed by atoms with Gasteiger partial charge in [0.1, 0.15) is 0 Å². The normalized spacial score (nSPS) is 12.7. The van der Waals surface area contributed by atoms with E-state index in [1.54, 1.807) is 0 Å². The number of anilines is 2. The lowest BCUT2D eigenvalue weighted by Gasteiger charge is -2.21. The summed E-state index contributed by atoms with van der Waals surface area (Å²) in [5.41, 5.74) is 11.1. The Hall–Kier alpha value is -1.18. The number of aryl methyl sites for hydroxylation is 2. The lowest BCUT2D eigenvalue weighted by Crippen LogP contribution is -2.19. The van der Waals surface area contributed by atoms with Gasteiger partial charge in [-0.3, -0.25) is 0 Å². The van der Waals surface area contributed by atoms with Crippen molar-refractivity contribution in [1.29, 1.82) is 0 Å². The monoisotopic (exact) mass is 276 g/mol. The molecule has 0 heterocycles. The van der Waals surface area contributed by atoms with Gasteiger partial charge in [0, 0.05) is 17.4 Å². The van der Waals surface area contributed by atoms with Crippen molar-refractivity contribution in [2.24, 2.45) is 5.92 Å². The van der Waals surface area contributed by atoms with Crippen LogP contribution in [0, 0.1) is 5.92 Å². The Balaban J connectivity index is 2.95. The Kier molecular flexibility index (Phi) is 6.90. The lowest BCUT2D eigenvalue weighted by molar-refractivity contribution is 0.539. The van der Waals surface area contributed by atoms with E-state index in [1.165, 1.54) is 29.7 Å². The molecule has 2 heteroatoms. The molecular weight excluding hydrogens is 244 g/mol. The van der Waals surface area contributed by atoms with E-state index in [0.717, 1.165) is 24.9 Å². The van der Waals surface area contributed by atoms with Gasteiger partial charge in [-0.1, -0.05) is 46.6 Å². The molecule has 0 aliphatic heterocycles. The summed E-state index contributed by atoms with van der Waals surface area (Å²) in [6, 6.07) is 4.95. The minimum Gasteiger partial charge on any atom is -0.398 e. The smallest absolute Gasteiger partial charge is 0.0395 e. The van der Waals surface area contributed by atoms with Gasteiger partial charge in [-0.2, -0.15) is 0 Å². The van der Waals surface area contributed by atoms with Crippen LogP contribution in [0.3, 0.4) is 0 Å². The standard InChI is InChI=1S/C18H32N2/c1-6-8-15-11-16(9-7-2)18(12-17(15)19)20-14(5)10-13(3)4/h11-14,20H,6-10,19H2,1-5H3. The summed E-state index contributed by atoms with van der Waals surface area (Å²) in [5, 5.41) is 3.66. The van der Waals surface area contributed by atoms with Crippen molar-refractivity contribution in [3.05, 3.63) is 23.3 Å². The van der Waals surface area contributed by atoms with Crippen molar-refractivity contribution in [2.45, 2.75) is 72.8 Å². The van der Waals surface area contributed by atoms with Crippen molar-refractivity contribution in [2.75, 3.05) is 11.1 Å². The van der Waals surface area contributed by atoms with Gasteiger partial charge >= 0.3 is 0 Å². The fraction of sp³-hybridized carbons (Fsp3) is 0.667. The van der Waals surface area contributed by atoms with Gasteiger partial charge in [-0.25, -0.2) is 0 Å². The maximum absolute atomic E-state index is 6.21. The first-order valence-electron chi connectivity index (χ1n) is 8.15. The van der Waals surface area contributed by atoms with E-state index in [4.69, 9.17) is 5.73 Å². The molecule has 3 N–H and O–H groups in total.